The van der Waals surface area contributed by atoms with E-state index in [4.69, 9.17) is 0 Å². The van der Waals surface area contributed by atoms with E-state index in [1.165, 1.54) is 0 Å². The van der Waals surface area contributed by atoms with Gasteiger partial charge in [0.2, 0.25) is 0 Å². The highest BCUT2D eigenvalue weighted by Crippen LogP contribution is 2.24. The SMILES string of the molecule is CCNc1ncnc(NC(C)(CC)CO)c1CC. The standard InChI is InChI=1S/C13H24N4O/c1-5-10-11(14-7-3)15-9-16-12(10)17-13(4,6-2)8-18/h9,18H,5-8H2,1-4H3,(H2,14,15,16,17). The topological polar surface area (TPSA) is 70.1 Å². The number of hydrogen-bond acceptors (Lipinski definition) is 5. The van der Waals surface area contributed by atoms with Gasteiger partial charge >= 0.3 is 0 Å². The molecule has 5 nitrogen and oxygen atoms in total. The smallest absolute Gasteiger partial charge is 0.135 e. The van der Waals surface area contributed by atoms with Crippen molar-refractivity contribution in [3.8, 4) is 0 Å². The number of aromatic nitrogens is 2. The highest BCUT2D eigenvalue weighted by molar-refractivity contribution is 5.58. The van der Waals surface area contributed by atoms with Gasteiger partial charge in [-0.05, 0) is 26.7 Å². The highest BCUT2D eigenvalue weighted by Gasteiger charge is 2.23. The molecule has 5 heteroatoms. The van der Waals surface area contributed by atoms with Gasteiger partial charge in [-0.25, -0.2) is 9.97 Å². The van der Waals surface area contributed by atoms with Crippen LogP contribution in [-0.4, -0.2) is 33.8 Å². The van der Waals surface area contributed by atoms with Crippen LogP contribution in [0.5, 0.6) is 0 Å². The van der Waals surface area contributed by atoms with E-state index in [1.807, 2.05) is 20.8 Å². The molecule has 1 atom stereocenters. The van der Waals surface area contributed by atoms with Crippen molar-refractivity contribution in [2.45, 2.75) is 46.1 Å². The van der Waals surface area contributed by atoms with Crippen molar-refractivity contribution in [3.05, 3.63) is 11.9 Å². The number of aliphatic hydroxyl groups is 1. The molecule has 0 radical (unpaired) electrons. The van der Waals surface area contributed by atoms with Crippen LogP contribution >= 0.6 is 0 Å². The van der Waals surface area contributed by atoms with Gasteiger partial charge in [-0.3, -0.25) is 0 Å². The second kappa shape index (κ2) is 6.54. The fraction of sp³-hybridized carbons (Fsp3) is 0.692. The lowest BCUT2D eigenvalue weighted by Gasteiger charge is -2.29. The molecule has 0 amide bonds. The quantitative estimate of drug-likeness (QED) is 0.693. The zero-order valence-corrected chi connectivity index (χ0v) is 11.7. The molecule has 0 fully saturated rings. The van der Waals surface area contributed by atoms with Crippen molar-refractivity contribution >= 4 is 11.6 Å². The summed E-state index contributed by atoms with van der Waals surface area (Å²) in [4.78, 5) is 8.56. The molecule has 0 aliphatic heterocycles. The van der Waals surface area contributed by atoms with E-state index >= 15 is 0 Å². The van der Waals surface area contributed by atoms with Crippen LogP contribution in [0.4, 0.5) is 11.6 Å². The van der Waals surface area contributed by atoms with Gasteiger partial charge in [-0.1, -0.05) is 13.8 Å². The van der Waals surface area contributed by atoms with Gasteiger partial charge in [0.05, 0.1) is 12.1 Å². The number of aliphatic hydroxyl groups excluding tert-OH is 1. The van der Waals surface area contributed by atoms with Gasteiger partial charge < -0.3 is 15.7 Å². The molecule has 1 unspecified atom stereocenters. The Morgan fingerprint density at radius 3 is 2.39 bits per heavy atom. The van der Waals surface area contributed by atoms with Crippen molar-refractivity contribution < 1.29 is 5.11 Å². The van der Waals surface area contributed by atoms with Gasteiger partial charge in [-0.15, -0.1) is 0 Å². The predicted molar refractivity (Wildman–Crippen MR) is 75.0 cm³/mol. The molecule has 0 aliphatic carbocycles. The van der Waals surface area contributed by atoms with E-state index in [2.05, 4.69) is 27.5 Å². The first-order valence-electron chi connectivity index (χ1n) is 6.57. The molecule has 3 N–H and O–H groups in total. The molecular formula is C13H24N4O. The van der Waals surface area contributed by atoms with E-state index in [0.717, 1.165) is 36.6 Å². The first-order valence-corrected chi connectivity index (χ1v) is 6.57. The summed E-state index contributed by atoms with van der Waals surface area (Å²) in [5.74, 6) is 1.68. The maximum absolute atomic E-state index is 9.46. The first-order chi connectivity index (χ1) is 8.60. The number of nitrogens with one attached hydrogen (secondary N) is 2. The third-order valence-electron chi connectivity index (χ3n) is 3.19. The highest BCUT2D eigenvalue weighted by atomic mass is 16.3. The van der Waals surface area contributed by atoms with Gasteiger partial charge in [0, 0.05) is 12.1 Å². The summed E-state index contributed by atoms with van der Waals surface area (Å²) in [6, 6.07) is 0. The van der Waals surface area contributed by atoms with Gasteiger partial charge in [-0.2, -0.15) is 0 Å². The summed E-state index contributed by atoms with van der Waals surface area (Å²) in [5, 5.41) is 16.0. The average molecular weight is 252 g/mol. The van der Waals surface area contributed by atoms with Crippen LogP contribution < -0.4 is 10.6 Å². The molecule has 0 saturated heterocycles. The third-order valence-corrected chi connectivity index (χ3v) is 3.19. The molecule has 0 aromatic carbocycles. The Bertz CT molecular complexity index is 377. The lowest BCUT2D eigenvalue weighted by molar-refractivity contribution is 0.218. The fourth-order valence-electron chi connectivity index (χ4n) is 1.70. The van der Waals surface area contributed by atoms with Crippen molar-refractivity contribution in [3.63, 3.8) is 0 Å². The Hall–Kier alpha value is -1.36. The summed E-state index contributed by atoms with van der Waals surface area (Å²) < 4.78 is 0. The second-order valence-corrected chi connectivity index (χ2v) is 4.63. The van der Waals surface area contributed by atoms with Crippen LogP contribution in [0.15, 0.2) is 6.33 Å². The molecule has 1 aromatic heterocycles. The minimum atomic E-state index is -0.345. The minimum absolute atomic E-state index is 0.0766. The van der Waals surface area contributed by atoms with Gasteiger partial charge in [0.1, 0.15) is 18.0 Å². The van der Waals surface area contributed by atoms with Crippen molar-refractivity contribution in [2.75, 3.05) is 23.8 Å². The van der Waals surface area contributed by atoms with Crippen molar-refractivity contribution in [1.82, 2.24) is 9.97 Å². The molecule has 102 valence electrons. The molecule has 1 rings (SSSR count). The molecule has 0 spiro atoms. The largest absolute Gasteiger partial charge is 0.394 e. The lowest BCUT2D eigenvalue weighted by atomic mass is 10.00. The molecule has 1 heterocycles. The summed E-state index contributed by atoms with van der Waals surface area (Å²) >= 11 is 0. The van der Waals surface area contributed by atoms with Gasteiger partial charge in [0.25, 0.3) is 0 Å². The predicted octanol–water partition coefficient (Wildman–Crippen LogP) is 2.04. The normalized spacial score (nSPS) is 14.1. The van der Waals surface area contributed by atoms with Crippen LogP contribution in [-0.2, 0) is 6.42 Å². The third kappa shape index (κ3) is 3.32. The Morgan fingerprint density at radius 2 is 1.89 bits per heavy atom. The Morgan fingerprint density at radius 1 is 1.22 bits per heavy atom. The molecule has 18 heavy (non-hydrogen) atoms. The number of hydrogen-bond donors (Lipinski definition) is 3. The Labute approximate surface area is 109 Å². The molecule has 0 saturated carbocycles. The number of rotatable bonds is 7. The van der Waals surface area contributed by atoms with Crippen LogP contribution in [0.1, 0.15) is 39.7 Å². The van der Waals surface area contributed by atoms with E-state index in [0.29, 0.717) is 0 Å². The second-order valence-electron chi connectivity index (χ2n) is 4.63. The summed E-state index contributed by atoms with van der Waals surface area (Å²) in [7, 11) is 0. The molecule has 1 aromatic rings. The maximum atomic E-state index is 9.46. The Kier molecular flexibility index (Phi) is 5.34. The first kappa shape index (κ1) is 14.7. The molecule has 0 bridgehead atoms. The molecular weight excluding hydrogens is 228 g/mol. The van der Waals surface area contributed by atoms with Crippen molar-refractivity contribution in [2.24, 2.45) is 0 Å². The zero-order chi connectivity index (χ0) is 13.6. The average Bonchev–Trinajstić information content (AvgIpc) is 2.39. The van der Waals surface area contributed by atoms with Crippen molar-refractivity contribution in [1.29, 1.82) is 0 Å². The Balaban J connectivity index is 3.04. The zero-order valence-electron chi connectivity index (χ0n) is 11.7. The lowest BCUT2D eigenvalue weighted by Crippen LogP contribution is -2.38. The van der Waals surface area contributed by atoms with E-state index in [9.17, 15) is 5.11 Å². The summed E-state index contributed by atoms with van der Waals surface area (Å²) in [5.41, 5.74) is 0.717. The van der Waals surface area contributed by atoms with E-state index in [1.54, 1.807) is 6.33 Å². The number of anilines is 2. The van der Waals surface area contributed by atoms with Gasteiger partial charge in [0.15, 0.2) is 0 Å². The van der Waals surface area contributed by atoms with E-state index in [-0.39, 0.29) is 12.1 Å². The van der Waals surface area contributed by atoms with Crippen LogP contribution in [0.3, 0.4) is 0 Å². The molecule has 0 aliphatic rings. The number of nitrogens with zero attached hydrogens (tertiary/aromatic N) is 2. The van der Waals surface area contributed by atoms with Crippen LogP contribution in [0, 0.1) is 0 Å². The minimum Gasteiger partial charge on any atom is -0.394 e. The van der Waals surface area contributed by atoms with Crippen LogP contribution in [0.2, 0.25) is 0 Å². The van der Waals surface area contributed by atoms with Crippen LogP contribution in [0.25, 0.3) is 0 Å². The van der Waals surface area contributed by atoms with E-state index < -0.39 is 0 Å². The maximum Gasteiger partial charge on any atom is 0.135 e. The summed E-state index contributed by atoms with van der Waals surface area (Å²) in [6.07, 6.45) is 3.22. The summed E-state index contributed by atoms with van der Waals surface area (Å²) in [6.45, 7) is 9.05. The monoisotopic (exact) mass is 252 g/mol. The fourth-order valence-corrected chi connectivity index (χ4v) is 1.70.